The quantitative estimate of drug-likeness (QED) is 0.796. The fourth-order valence-electron chi connectivity index (χ4n) is 1.78. The van der Waals surface area contributed by atoms with Gasteiger partial charge in [0.15, 0.2) is 0 Å². The lowest BCUT2D eigenvalue weighted by Crippen LogP contribution is -2.19. The Morgan fingerprint density at radius 3 is 2.76 bits per heavy atom. The van der Waals surface area contributed by atoms with Crippen LogP contribution < -0.4 is 10.6 Å². The van der Waals surface area contributed by atoms with Crippen molar-refractivity contribution >= 4 is 6.01 Å². The predicted octanol–water partition coefficient (Wildman–Crippen LogP) is 2.34. The minimum absolute atomic E-state index is 0.116. The zero-order valence-electron chi connectivity index (χ0n) is 11.1. The van der Waals surface area contributed by atoms with Crippen LogP contribution in [-0.4, -0.2) is 22.8 Å². The van der Waals surface area contributed by atoms with Crippen LogP contribution in [0.25, 0.3) is 0 Å². The molecule has 5 nitrogen and oxygen atoms in total. The van der Waals surface area contributed by atoms with Gasteiger partial charge in [0, 0.05) is 6.04 Å². The van der Waals surface area contributed by atoms with Gasteiger partial charge in [0.25, 0.3) is 0 Å². The molecule has 1 aromatic rings. The number of nitrogens with one attached hydrogen (secondary N) is 2. The average molecular weight is 238 g/mol. The molecule has 0 radical (unpaired) electrons. The molecule has 1 fully saturated rings. The third-order valence-electron chi connectivity index (χ3n) is 3.32. The van der Waals surface area contributed by atoms with Crippen LogP contribution >= 0.6 is 0 Å². The maximum absolute atomic E-state index is 5.59. The summed E-state index contributed by atoms with van der Waals surface area (Å²) in [7, 11) is 0. The molecule has 1 aliphatic rings. The third-order valence-corrected chi connectivity index (χ3v) is 3.32. The standard InChI is InChI=1S/C12H22N4O/c1-5-6-13-8(2)10-15-16-11(17-10)14-9-7-12(9,3)4/h8-9,13H,5-7H2,1-4H3,(H,14,16). The summed E-state index contributed by atoms with van der Waals surface area (Å²) in [4.78, 5) is 0. The lowest BCUT2D eigenvalue weighted by atomic mass is 10.2. The van der Waals surface area contributed by atoms with Crippen LogP contribution in [0.4, 0.5) is 6.01 Å². The molecular weight excluding hydrogens is 216 g/mol. The summed E-state index contributed by atoms with van der Waals surface area (Å²) < 4.78 is 5.59. The van der Waals surface area contributed by atoms with Gasteiger partial charge in [0.2, 0.25) is 5.89 Å². The molecule has 96 valence electrons. The summed E-state index contributed by atoms with van der Waals surface area (Å²) >= 11 is 0. The first-order valence-corrected chi connectivity index (χ1v) is 6.36. The minimum atomic E-state index is 0.116. The lowest BCUT2D eigenvalue weighted by Gasteiger charge is -2.07. The van der Waals surface area contributed by atoms with E-state index in [1.807, 2.05) is 6.92 Å². The molecule has 2 N–H and O–H groups in total. The number of hydrogen-bond acceptors (Lipinski definition) is 5. The molecule has 17 heavy (non-hydrogen) atoms. The van der Waals surface area contributed by atoms with Crippen molar-refractivity contribution in [3.8, 4) is 0 Å². The molecule has 2 rings (SSSR count). The summed E-state index contributed by atoms with van der Waals surface area (Å²) in [6.45, 7) is 9.59. The summed E-state index contributed by atoms with van der Waals surface area (Å²) in [6, 6.07) is 1.13. The maximum atomic E-state index is 5.59. The zero-order valence-corrected chi connectivity index (χ0v) is 11.1. The molecule has 0 amide bonds. The fraction of sp³-hybridized carbons (Fsp3) is 0.833. The first kappa shape index (κ1) is 12.4. The second-order valence-electron chi connectivity index (χ2n) is 5.51. The predicted molar refractivity (Wildman–Crippen MR) is 66.8 cm³/mol. The largest absolute Gasteiger partial charge is 0.406 e. The van der Waals surface area contributed by atoms with Crippen LogP contribution in [-0.2, 0) is 0 Å². The van der Waals surface area contributed by atoms with Gasteiger partial charge < -0.3 is 15.1 Å². The van der Waals surface area contributed by atoms with Gasteiger partial charge in [-0.2, -0.15) is 0 Å². The minimum Gasteiger partial charge on any atom is -0.406 e. The average Bonchev–Trinajstić information content (AvgIpc) is 2.70. The Labute approximate surface area is 102 Å². The van der Waals surface area contributed by atoms with Crippen LogP contribution in [0.3, 0.4) is 0 Å². The molecule has 0 spiro atoms. The summed E-state index contributed by atoms with van der Waals surface area (Å²) in [5.41, 5.74) is 0.362. The molecule has 0 aromatic carbocycles. The molecule has 2 atom stereocenters. The Morgan fingerprint density at radius 2 is 2.18 bits per heavy atom. The van der Waals surface area contributed by atoms with Gasteiger partial charge in [-0.05, 0) is 31.7 Å². The molecule has 1 aliphatic carbocycles. The molecule has 5 heteroatoms. The lowest BCUT2D eigenvalue weighted by molar-refractivity contribution is 0.422. The Bertz CT molecular complexity index is 374. The van der Waals surface area contributed by atoms with Crippen LogP contribution in [0.5, 0.6) is 0 Å². The van der Waals surface area contributed by atoms with Gasteiger partial charge >= 0.3 is 6.01 Å². The molecular formula is C12H22N4O. The highest BCUT2D eigenvalue weighted by molar-refractivity contribution is 5.27. The van der Waals surface area contributed by atoms with E-state index in [0.717, 1.165) is 19.4 Å². The van der Waals surface area contributed by atoms with E-state index in [1.54, 1.807) is 0 Å². The summed E-state index contributed by atoms with van der Waals surface area (Å²) in [5, 5.41) is 14.7. The van der Waals surface area contributed by atoms with Gasteiger partial charge in [-0.15, -0.1) is 5.10 Å². The normalized spacial score (nSPS) is 23.4. The van der Waals surface area contributed by atoms with Crippen LogP contribution in [0.2, 0.25) is 0 Å². The van der Waals surface area contributed by atoms with Gasteiger partial charge in [-0.3, -0.25) is 0 Å². The Balaban J connectivity index is 1.87. The monoisotopic (exact) mass is 238 g/mol. The SMILES string of the molecule is CCCNC(C)c1nnc(NC2CC2(C)C)o1. The van der Waals surface area contributed by atoms with Gasteiger partial charge in [-0.1, -0.05) is 25.9 Å². The van der Waals surface area contributed by atoms with E-state index in [-0.39, 0.29) is 6.04 Å². The first-order chi connectivity index (χ1) is 8.03. The Morgan fingerprint density at radius 1 is 1.47 bits per heavy atom. The van der Waals surface area contributed by atoms with E-state index in [0.29, 0.717) is 23.4 Å². The fourth-order valence-corrected chi connectivity index (χ4v) is 1.78. The van der Waals surface area contributed by atoms with Crippen LogP contribution in [0, 0.1) is 5.41 Å². The second-order valence-corrected chi connectivity index (χ2v) is 5.51. The van der Waals surface area contributed by atoms with E-state index >= 15 is 0 Å². The summed E-state index contributed by atoms with van der Waals surface area (Å²) in [6.07, 6.45) is 2.26. The van der Waals surface area contributed by atoms with Crippen molar-refractivity contribution in [3.05, 3.63) is 5.89 Å². The molecule has 0 bridgehead atoms. The molecule has 2 unspecified atom stereocenters. The van der Waals surface area contributed by atoms with E-state index in [2.05, 4.69) is 41.6 Å². The summed E-state index contributed by atoms with van der Waals surface area (Å²) in [5.74, 6) is 0.652. The van der Waals surface area contributed by atoms with E-state index in [4.69, 9.17) is 4.42 Å². The van der Waals surface area contributed by atoms with Gasteiger partial charge in [0.1, 0.15) is 0 Å². The van der Waals surface area contributed by atoms with E-state index in [9.17, 15) is 0 Å². The highest BCUT2D eigenvalue weighted by atomic mass is 16.4. The van der Waals surface area contributed by atoms with Crippen LogP contribution in [0.1, 0.15) is 52.5 Å². The molecule has 1 saturated carbocycles. The van der Waals surface area contributed by atoms with Crippen molar-refractivity contribution in [3.63, 3.8) is 0 Å². The van der Waals surface area contributed by atoms with Crippen molar-refractivity contribution in [2.45, 2.75) is 52.6 Å². The Kier molecular flexibility index (Phi) is 3.38. The number of aromatic nitrogens is 2. The van der Waals surface area contributed by atoms with E-state index in [1.165, 1.54) is 0 Å². The molecule has 0 aliphatic heterocycles. The van der Waals surface area contributed by atoms with Crippen molar-refractivity contribution < 1.29 is 4.42 Å². The highest BCUT2D eigenvalue weighted by Gasteiger charge is 2.46. The number of rotatable bonds is 6. The van der Waals surface area contributed by atoms with Gasteiger partial charge in [0.05, 0.1) is 6.04 Å². The van der Waals surface area contributed by atoms with Crippen molar-refractivity contribution in [2.24, 2.45) is 5.41 Å². The number of anilines is 1. The van der Waals surface area contributed by atoms with Crippen LogP contribution in [0.15, 0.2) is 4.42 Å². The topological polar surface area (TPSA) is 63.0 Å². The maximum Gasteiger partial charge on any atom is 0.315 e. The number of nitrogens with zero attached hydrogens (tertiary/aromatic N) is 2. The number of hydrogen-bond donors (Lipinski definition) is 2. The Hall–Kier alpha value is -1.10. The van der Waals surface area contributed by atoms with Crippen molar-refractivity contribution in [1.29, 1.82) is 0 Å². The third kappa shape index (κ3) is 2.97. The molecule has 1 aromatic heterocycles. The first-order valence-electron chi connectivity index (χ1n) is 6.36. The second kappa shape index (κ2) is 4.64. The zero-order chi connectivity index (χ0) is 12.5. The van der Waals surface area contributed by atoms with Crippen molar-refractivity contribution in [2.75, 3.05) is 11.9 Å². The highest BCUT2D eigenvalue weighted by Crippen LogP contribution is 2.46. The van der Waals surface area contributed by atoms with E-state index < -0.39 is 0 Å². The van der Waals surface area contributed by atoms with Gasteiger partial charge in [-0.25, -0.2) is 0 Å². The van der Waals surface area contributed by atoms with Crippen molar-refractivity contribution in [1.82, 2.24) is 15.5 Å². The molecule has 0 saturated heterocycles. The smallest absolute Gasteiger partial charge is 0.315 e. The molecule has 1 heterocycles.